The van der Waals surface area contributed by atoms with E-state index >= 15 is 0 Å². The molecule has 41 heavy (non-hydrogen) atoms. The molecule has 218 valence electrons. The van der Waals surface area contributed by atoms with Crippen LogP contribution in [-0.2, 0) is 25.7 Å². The number of hydrogen-bond donors (Lipinski definition) is 2. The first-order valence-electron chi connectivity index (χ1n) is 14.3. The van der Waals surface area contributed by atoms with Gasteiger partial charge in [0.2, 0.25) is 11.6 Å². The number of unbranched alkanes of at least 4 members (excludes halogenated alkanes) is 2. The van der Waals surface area contributed by atoms with Crippen LogP contribution in [0.15, 0.2) is 83.4 Å². The molecule has 2 aliphatic heterocycles. The molecule has 2 aliphatic rings. The molecule has 0 radical (unpaired) electrons. The molecule has 0 bridgehead atoms. The smallest absolute Gasteiger partial charge is 0.294 e. The van der Waals surface area contributed by atoms with E-state index in [0.717, 1.165) is 42.8 Å². The van der Waals surface area contributed by atoms with Gasteiger partial charge in [-0.3, -0.25) is 9.35 Å². The number of nitrogens with two attached hydrogens (primary N) is 1. The van der Waals surface area contributed by atoms with Crippen LogP contribution in [0.5, 0.6) is 0 Å². The van der Waals surface area contributed by atoms with Crippen molar-refractivity contribution in [1.82, 2.24) is 0 Å². The van der Waals surface area contributed by atoms with Gasteiger partial charge in [-0.05, 0) is 63.5 Å². The molecule has 2 heterocycles. The highest BCUT2D eigenvalue weighted by molar-refractivity contribution is 7.85. The zero-order chi connectivity index (χ0) is 30.0. The van der Waals surface area contributed by atoms with Crippen molar-refractivity contribution >= 4 is 33.1 Å². The third-order valence-corrected chi connectivity index (χ3v) is 9.16. The Hall–Kier alpha value is -3.49. The Balaban J connectivity index is 1.62. The summed E-state index contributed by atoms with van der Waals surface area (Å²) in [7, 11) is -4.32. The van der Waals surface area contributed by atoms with Crippen molar-refractivity contribution in [2.75, 3.05) is 18.0 Å². The predicted molar refractivity (Wildman–Crippen MR) is 166 cm³/mol. The summed E-state index contributed by atoms with van der Waals surface area (Å²) in [5.74, 6) is -0.292. The second kappa shape index (κ2) is 11.8. The Morgan fingerprint density at radius 2 is 1.71 bits per heavy atom. The van der Waals surface area contributed by atoms with Gasteiger partial charge in [0.25, 0.3) is 10.1 Å². The van der Waals surface area contributed by atoms with Crippen molar-refractivity contribution in [2.24, 2.45) is 5.73 Å². The first kappa shape index (κ1) is 30.5. The minimum atomic E-state index is -4.32. The van der Waals surface area contributed by atoms with Gasteiger partial charge in [0, 0.05) is 47.5 Å². The third kappa shape index (κ3) is 6.09. The summed E-state index contributed by atoms with van der Waals surface area (Å²) in [4.78, 5) is 13.2. The fourth-order valence-electron chi connectivity index (χ4n) is 6.14. The topological polar surface area (TPSA) is 104 Å². The van der Waals surface area contributed by atoms with Gasteiger partial charge in [-0.15, -0.1) is 0 Å². The van der Waals surface area contributed by atoms with Crippen molar-refractivity contribution in [1.29, 1.82) is 0 Å². The van der Waals surface area contributed by atoms with Crippen molar-refractivity contribution < 1.29 is 22.3 Å². The number of nitrogens with zero attached hydrogens (tertiary/aromatic N) is 2. The Bertz CT molecular complexity index is 1560. The third-order valence-electron chi connectivity index (χ3n) is 8.31. The maximum absolute atomic E-state index is 11.9. The lowest BCUT2D eigenvalue weighted by Gasteiger charge is -2.27. The number of amides is 1. The van der Waals surface area contributed by atoms with E-state index in [1.54, 1.807) is 12.1 Å². The van der Waals surface area contributed by atoms with E-state index in [1.165, 1.54) is 23.0 Å². The van der Waals surface area contributed by atoms with E-state index < -0.39 is 15.5 Å². The van der Waals surface area contributed by atoms with E-state index in [-0.39, 0.29) is 16.2 Å². The molecule has 2 aromatic carbocycles. The lowest BCUT2D eigenvalue weighted by Crippen LogP contribution is -2.27. The van der Waals surface area contributed by atoms with Crippen molar-refractivity contribution in [3.63, 3.8) is 0 Å². The Labute approximate surface area is 244 Å². The highest BCUT2D eigenvalue weighted by Gasteiger charge is 2.43. The number of allylic oxidation sites excluding steroid dienone is 6. The molecule has 3 N–H and O–H groups in total. The largest absolute Gasteiger partial charge is 0.370 e. The second-order valence-corrected chi connectivity index (χ2v) is 13.2. The molecule has 0 aliphatic carbocycles. The number of anilines is 1. The maximum atomic E-state index is 11.9. The van der Waals surface area contributed by atoms with Crippen LogP contribution in [0.4, 0.5) is 11.4 Å². The summed E-state index contributed by atoms with van der Waals surface area (Å²) in [5, 5.41) is 0. The number of rotatable bonds is 11. The van der Waals surface area contributed by atoms with E-state index in [0.29, 0.717) is 13.0 Å². The van der Waals surface area contributed by atoms with Gasteiger partial charge in [-0.25, -0.2) is 0 Å². The number of hydrogen-bond acceptors (Lipinski definition) is 4. The predicted octanol–water partition coefficient (Wildman–Crippen LogP) is 6.17. The number of carbonyl (C=O) groups excluding carboxylic acids is 1. The summed E-state index contributed by atoms with van der Waals surface area (Å²) >= 11 is 0. The number of carbonyl (C=O) groups is 1. The molecule has 7 nitrogen and oxygen atoms in total. The van der Waals surface area contributed by atoms with Crippen molar-refractivity contribution in [3.05, 3.63) is 89.7 Å². The van der Waals surface area contributed by atoms with Gasteiger partial charge in [0.05, 0.1) is 10.3 Å². The Morgan fingerprint density at radius 3 is 2.39 bits per heavy atom. The molecule has 0 unspecified atom stereocenters. The van der Waals surface area contributed by atoms with Crippen LogP contribution in [0, 0.1) is 0 Å². The Kier molecular flexibility index (Phi) is 8.76. The number of para-hydroxylation sites is 1. The summed E-state index contributed by atoms with van der Waals surface area (Å²) in [6.07, 6.45) is 13.2. The first-order valence-corrected chi connectivity index (χ1v) is 15.7. The van der Waals surface area contributed by atoms with E-state index in [2.05, 4.69) is 86.6 Å². The minimum absolute atomic E-state index is 0.0967. The number of fused-ring (bicyclic) bond motifs is 2. The first-order chi connectivity index (χ1) is 19.3. The molecule has 0 spiro atoms. The van der Waals surface area contributed by atoms with Crippen molar-refractivity contribution in [2.45, 2.75) is 76.0 Å². The molecular weight excluding hydrogens is 534 g/mol. The normalized spacial score (nSPS) is 18.6. The van der Waals surface area contributed by atoms with Crippen LogP contribution < -0.4 is 10.6 Å². The van der Waals surface area contributed by atoms with Gasteiger partial charge >= 0.3 is 0 Å². The quantitative estimate of drug-likeness (QED) is 0.144. The zero-order valence-electron chi connectivity index (χ0n) is 24.7. The van der Waals surface area contributed by atoms with Crippen LogP contribution in [0.3, 0.4) is 0 Å². The molecular formula is C33H42N3O4S+. The summed E-state index contributed by atoms with van der Waals surface area (Å²) in [6.45, 7) is 12.4. The van der Waals surface area contributed by atoms with Crippen LogP contribution in [0.25, 0.3) is 0 Å². The molecule has 0 saturated heterocycles. The van der Waals surface area contributed by atoms with E-state index in [1.807, 2.05) is 12.2 Å². The molecule has 8 heteroatoms. The summed E-state index contributed by atoms with van der Waals surface area (Å²) in [6, 6.07) is 13.3. The molecule has 0 saturated carbocycles. The van der Waals surface area contributed by atoms with Crippen LogP contribution >= 0.6 is 0 Å². The number of primary amides is 1. The lowest BCUT2D eigenvalue weighted by atomic mass is 9.81. The molecule has 4 rings (SSSR count). The standard InChI is InChI=1S/C33H41N3O4S/c1-6-35-27-16-13-12-15-25(27)32(2,3)29(35)17-9-7-10-18-30-33(4,5)26-23-24(41(38,39)40)20-21-28(26)36(30)22-14-8-11-19-31(34)37/h7,9-10,12-13,15-18,20-21,23H,6,8,11,14,19,22H2,1-5H3,(H2-,34,37,38,39,40)/p+1. The van der Waals surface area contributed by atoms with Gasteiger partial charge in [-0.2, -0.15) is 13.0 Å². The SMILES string of the molecule is CC[N+]1=C(/C=C/C=C/C=C2\N(CCCCCC(N)=O)c3ccc(S(=O)(=O)O)cc3C2(C)C)C(C)(C)c2ccccc21. The fourth-order valence-corrected chi connectivity index (χ4v) is 6.65. The highest BCUT2D eigenvalue weighted by Crippen LogP contribution is 2.48. The van der Waals surface area contributed by atoms with Crippen LogP contribution in [-0.4, -0.2) is 42.3 Å². The van der Waals surface area contributed by atoms with Gasteiger partial charge in [0.15, 0.2) is 5.71 Å². The average molecular weight is 577 g/mol. The highest BCUT2D eigenvalue weighted by atomic mass is 32.2. The Morgan fingerprint density at radius 1 is 0.976 bits per heavy atom. The van der Waals surface area contributed by atoms with Gasteiger partial charge in [0.1, 0.15) is 6.54 Å². The van der Waals surface area contributed by atoms with Crippen molar-refractivity contribution in [3.8, 4) is 0 Å². The van der Waals surface area contributed by atoms with Gasteiger partial charge < -0.3 is 10.6 Å². The minimum Gasteiger partial charge on any atom is -0.370 e. The van der Waals surface area contributed by atoms with Crippen LogP contribution in [0.1, 0.15) is 71.4 Å². The van der Waals surface area contributed by atoms with E-state index in [4.69, 9.17) is 5.73 Å². The number of benzene rings is 2. The zero-order valence-corrected chi connectivity index (χ0v) is 25.5. The fraction of sp³-hybridized carbons (Fsp3) is 0.394. The van der Waals surface area contributed by atoms with Gasteiger partial charge in [-0.1, -0.05) is 56.7 Å². The molecule has 0 atom stereocenters. The molecule has 0 fully saturated rings. The maximum Gasteiger partial charge on any atom is 0.294 e. The molecule has 1 amide bonds. The molecule has 0 aromatic heterocycles. The second-order valence-electron chi connectivity index (χ2n) is 11.8. The van der Waals surface area contributed by atoms with E-state index in [9.17, 15) is 17.8 Å². The van der Waals surface area contributed by atoms with Crippen LogP contribution in [0.2, 0.25) is 0 Å². The summed E-state index contributed by atoms with van der Waals surface area (Å²) in [5.41, 5.74) is 11.4. The molecule has 2 aromatic rings. The lowest BCUT2D eigenvalue weighted by molar-refractivity contribution is -0.433. The summed E-state index contributed by atoms with van der Waals surface area (Å²) < 4.78 is 35.8. The average Bonchev–Trinajstić information content (AvgIpc) is 3.26. The monoisotopic (exact) mass is 576 g/mol.